The van der Waals surface area contributed by atoms with Gasteiger partial charge >= 0.3 is 5.97 Å². The van der Waals surface area contributed by atoms with Gasteiger partial charge in [-0.25, -0.2) is 4.98 Å². The molecule has 0 radical (unpaired) electrons. The molecule has 1 aliphatic heterocycles. The Morgan fingerprint density at radius 2 is 2.21 bits per heavy atom. The minimum Gasteiger partial charge on any atom is -0.481 e. The Morgan fingerprint density at radius 3 is 2.68 bits per heavy atom. The van der Waals surface area contributed by atoms with Crippen LogP contribution < -0.4 is 0 Å². The predicted molar refractivity (Wildman–Crippen MR) is 76.5 cm³/mol. The first-order chi connectivity index (χ1) is 8.90. The zero-order valence-electron chi connectivity index (χ0n) is 12.0. The molecule has 0 aromatic carbocycles. The molecule has 1 aromatic heterocycles. The monoisotopic (exact) mass is 282 g/mol. The molecule has 1 fully saturated rings. The molecule has 19 heavy (non-hydrogen) atoms. The van der Waals surface area contributed by atoms with Gasteiger partial charge in [-0.3, -0.25) is 9.69 Å². The Balaban J connectivity index is 2.10. The molecular weight excluding hydrogens is 260 g/mol. The van der Waals surface area contributed by atoms with E-state index in [1.165, 1.54) is 4.88 Å². The van der Waals surface area contributed by atoms with Crippen LogP contribution in [0, 0.1) is 19.8 Å². The zero-order valence-corrected chi connectivity index (χ0v) is 12.8. The van der Waals surface area contributed by atoms with Crippen LogP contribution >= 0.6 is 11.3 Å². The summed E-state index contributed by atoms with van der Waals surface area (Å²) < 4.78 is 0. The van der Waals surface area contributed by atoms with Crippen LogP contribution in [0.1, 0.15) is 48.3 Å². The minimum atomic E-state index is -0.649. The summed E-state index contributed by atoms with van der Waals surface area (Å²) in [4.78, 5) is 19.3. The second-order valence-electron chi connectivity index (χ2n) is 5.50. The number of piperidine rings is 1. The van der Waals surface area contributed by atoms with E-state index >= 15 is 0 Å². The maximum atomic E-state index is 11.1. The Kier molecular flexibility index (Phi) is 4.26. The van der Waals surface area contributed by atoms with Gasteiger partial charge in [0.25, 0.3) is 0 Å². The quantitative estimate of drug-likeness (QED) is 0.926. The van der Waals surface area contributed by atoms with Crippen molar-refractivity contribution in [1.29, 1.82) is 0 Å². The van der Waals surface area contributed by atoms with Gasteiger partial charge in [0.05, 0.1) is 16.6 Å². The number of carbonyl (C=O) groups is 1. The Morgan fingerprint density at radius 1 is 1.53 bits per heavy atom. The molecule has 0 saturated carbocycles. The summed E-state index contributed by atoms with van der Waals surface area (Å²) in [6.07, 6.45) is 1.50. The Labute approximate surface area is 118 Å². The molecule has 1 aliphatic rings. The van der Waals surface area contributed by atoms with Crippen LogP contribution in [0.5, 0.6) is 0 Å². The number of carboxylic acid groups (broad SMARTS) is 1. The molecule has 0 bridgehead atoms. The fourth-order valence-electron chi connectivity index (χ4n) is 3.08. The lowest BCUT2D eigenvalue weighted by Gasteiger charge is -2.40. The van der Waals surface area contributed by atoms with Crippen LogP contribution in [0.3, 0.4) is 0 Å². The van der Waals surface area contributed by atoms with Crippen LogP contribution in [-0.4, -0.2) is 33.5 Å². The van der Waals surface area contributed by atoms with Crippen molar-refractivity contribution in [2.75, 3.05) is 6.54 Å². The van der Waals surface area contributed by atoms with Gasteiger partial charge in [-0.05, 0) is 47.1 Å². The number of hydrogen-bond donors (Lipinski definition) is 1. The van der Waals surface area contributed by atoms with Crippen molar-refractivity contribution in [1.82, 2.24) is 9.88 Å². The highest BCUT2D eigenvalue weighted by atomic mass is 32.1. The summed E-state index contributed by atoms with van der Waals surface area (Å²) in [6.45, 7) is 9.29. The largest absolute Gasteiger partial charge is 0.481 e. The molecule has 106 valence electrons. The highest BCUT2D eigenvalue weighted by molar-refractivity contribution is 7.11. The first kappa shape index (κ1) is 14.5. The zero-order chi connectivity index (χ0) is 14.2. The molecule has 5 heteroatoms. The molecule has 3 unspecified atom stereocenters. The van der Waals surface area contributed by atoms with Crippen LogP contribution in [0.2, 0.25) is 0 Å². The van der Waals surface area contributed by atoms with Gasteiger partial charge in [-0.2, -0.15) is 0 Å². The average Bonchev–Trinajstić information content (AvgIpc) is 2.67. The Hall–Kier alpha value is -0.940. The van der Waals surface area contributed by atoms with E-state index in [-0.39, 0.29) is 5.92 Å². The summed E-state index contributed by atoms with van der Waals surface area (Å²) in [7, 11) is 0. The summed E-state index contributed by atoms with van der Waals surface area (Å²) in [6, 6.07) is 0.641. The van der Waals surface area contributed by atoms with Gasteiger partial charge in [0, 0.05) is 17.0 Å². The highest BCUT2D eigenvalue weighted by Gasteiger charge is 2.33. The number of likely N-dealkylation sites (tertiary alicyclic amines) is 1. The number of nitrogens with zero attached hydrogens (tertiary/aromatic N) is 2. The van der Waals surface area contributed by atoms with Crippen LogP contribution in [-0.2, 0) is 4.79 Å². The van der Waals surface area contributed by atoms with Crippen LogP contribution in [0.4, 0.5) is 0 Å². The maximum absolute atomic E-state index is 11.1. The molecule has 0 amide bonds. The van der Waals surface area contributed by atoms with E-state index in [4.69, 9.17) is 5.11 Å². The predicted octanol–water partition coefficient (Wildman–Crippen LogP) is 3.01. The topological polar surface area (TPSA) is 53.4 Å². The fraction of sp³-hybridized carbons (Fsp3) is 0.714. The van der Waals surface area contributed by atoms with Gasteiger partial charge in [0.1, 0.15) is 0 Å². The molecule has 3 atom stereocenters. The number of aromatic nitrogens is 1. The van der Waals surface area contributed by atoms with Crippen molar-refractivity contribution in [3.05, 3.63) is 15.6 Å². The third kappa shape index (κ3) is 2.98. The summed E-state index contributed by atoms with van der Waals surface area (Å²) in [5.41, 5.74) is 1.11. The summed E-state index contributed by atoms with van der Waals surface area (Å²) >= 11 is 1.76. The van der Waals surface area contributed by atoms with E-state index in [9.17, 15) is 4.79 Å². The van der Waals surface area contributed by atoms with Crippen molar-refractivity contribution >= 4 is 17.3 Å². The third-order valence-electron chi connectivity index (χ3n) is 4.09. The average molecular weight is 282 g/mol. The first-order valence-electron chi connectivity index (χ1n) is 6.82. The fourth-order valence-corrected chi connectivity index (χ4v) is 4.08. The van der Waals surface area contributed by atoms with Gasteiger partial charge in [0.2, 0.25) is 0 Å². The number of aryl methyl sites for hydroxylation is 2. The van der Waals surface area contributed by atoms with Gasteiger partial charge < -0.3 is 5.11 Å². The molecule has 4 nitrogen and oxygen atoms in total. The van der Waals surface area contributed by atoms with E-state index < -0.39 is 5.97 Å². The first-order valence-corrected chi connectivity index (χ1v) is 7.64. The SMILES string of the molecule is Cc1nc(C)c(C(C)N2CCC(C(=O)O)CC2C)s1. The van der Waals surface area contributed by atoms with Crippen LogP contribution in [0.25, 0.3) is 0 Å². The second kappa shape index (κ2) is 5.59. The molecule has 1 aromatic rings. The van der Waals surface area contributed by atoms with Crippen molar-refractivity contribution < 1.29 is 9.90 Å². The number of thiazole rings is 1. The van der Waals surface area contributed by atoms with Gasteiger partial charge in [-0.15, -0.1) is 11.3 Å². The maximum Gasteiger partial charge on any atom is 0.306 e. The standard InChI is InChI=1S/C14H22N2O2S/c1-8-7-12(14(17)18)5-6-16(8)10(3)13-9(2)15-11(4)19-13/h8,10,12H,5-7H2,1-4H3,(H,17,18). The lowest BCUT2D eigenvalue weighted by atomic mass is 9.90. The Bertz CT molecular complexity index is 472. The molecule has 0 aliphatic carbocycles. The third-order valence-corrected chi connectivity index (χ3v) is 5.34. The van der Waals surface area contributed by atoms with Crippen molar-refractivity contribution in [2.24, 2.45) is 5.92 Å². The lowest BCUT2D eigenvalue weighted by molar-refractivity contribution is -0.144. The summed E-state index contributed by atoms with van der Waals surface area (Å²) in [5, 5.41) is 10.2. The molecular formula is C14H22N2O2S. The number of aliphatic carboxylic acids is 1. The van der Waals surface area contributed by atoms with Gasteiger partial charge in [-0.1, -0.05) is 0 Å². The smallest absolute Gasteiger partial charge is 0.306 e. The normalized spacial score (nSPS) is 26.3. The molecule has 1 N–H and O–H groups in total. The van der Waals surface area contributed by atoms with Crippen LogP contribution in [0.15, 0.2) is 0 Å². The highest BCUT2D eigenvalue weighted by Crippen LogP contribution is 2.34. The minimum absolute atomic E-state index is 0.178. The lowest BCUT2D eigenvalue weighted by Crippen LogP contribution is -2.43. The van der Waals surface area contributed by atoms with E-state index in [1.54, 1.807) is 11.3 Å². The summed E-state index contributed by atoms with van der Waals surface area (Å²) in [5.74, 6) is -0.827. The molecule has 2 heterocycles. The second-order valence-corrected chi connectivity index (χ2v) is 6.74. The van der Waals surface area contributed by atoms with E-state index in [1.807, 2.05) is 6.92 Å². The molecule has 2 rings (SSSR count). The van der Waals surface area contributed by atoms with E-state index in [2.05, 4.69) is 30.7 Å². The molecule has 1 saturated heterocycles. The van der Waals surface area contributed by atoms with Crippen molar-refractivity contribution in [2.45, 2.75) is 52.6 Å². The number of rotatable bonds is 3. The number of hydrogen-bond acceptors (Lipinski definition) is 4. The van der Waals surface area contributed by atoms with Gasteiger partial charge in [0.15, 0.2) is 0 Å². The van der Waals surface area contributed by atoms with Crippen molar-refractivity contribution in [3.8, 4) is 0 Å². The number of carboxylic acids is 1. The molecule has 0 spiro atoms. The van der Waals surface area contributed by atoms with E-state index in [0.717, 1.165) is 30.1 Å². The van der Waals surface area contributed by atoms with Crippen molar-refractivity contribution in [3.63, 3.8) is 0 Å². The van der Waals surface area contributed by atoms with E-state index in [0.29, 0.717) is 12.1 Å².